The Bertz CT molecular complexity index is 1100. The van der Waals surface area contributed by atoms with Crippen LogP contribution in [0.25, 0.3) is 0 Å². The predicted molar refractivity (Wildman–Crippen MR) is 108 cm³/mol. The highest BCUT2D eigenvalue weighted by molar-refractivity contribution is 6.04. The highest BCUT2D eigenvalue weighted by Gasteiger charge is 2.35. The molecule has 2 atom stereocenters. The van der Waals surface area contributed by atoms with Crippen LogP contribution in [0.2, 0.25) is 0 Å². The summed E-state index contributed by atoms with van der Waals surface area (Å²) in [7, 11) is 0. The highest BCUT2D eigenvalue weighted by atomic mass is 16.2. The first-order valence-corrected chi connectivity index (χ1v) is 9.66. The Labute approximate surface area is 167 Å². The Morgan fingerprint density at radius 3 is 2.59 bits per heavy atom. The van der Waals surface area contributed by atoms with E-state index in [1.54, 1.807) is 43.0 Å². The van der Waals surface area contributed by atoms with Crippen LogP contribution >= 0.6 is 0 Å². The van der Waals surface area contributed by atoms with Crippen LogP contribution in [0.3, 0.4) is 0 Å². The van der Waals surface area contributed by atoms with Crippen LogP contribution in [0.1, 0.15) is 28.4 Å². The number of hydrogen-bond acceptors (Lipinski definition) is 6. The second-order valence-electron chi connectivity index (χ2n) is 7.53. The van der Waals surface area contributed by atoms with Crippen molar-refractivity contribution < 1.29 is 4.79 Å². The molecule has 29 heavy (non-hydrogen) atoms. The van der Waals surface area contributed by atoms with E-state index in [-0.39, 0.29) is 17.4 Å². The summed E-state index contributed by atoms with van der Waals surface area (Å²) in [5.74, 6) is 1.01. The molecule has 8 nitrogen and oxygen atoms in total. The van der Waals surface area contributed by atoms with E-state index < -0.39 is 0 Å². The molecule has 3 aromatic heterocycles. The summed E-state index contributed by atoms with van der Waals surface area (Å²) in [6, 6.07) is 8.72. The Morgan fingerprint density at radius 1 is 1.00 bits per heavy atom. The third-order valence-corrected chi connectivity index (χ3v) is 5.63. The molecule has 3 aromatic rings. The van der Waals surface area contributed by atoms with Crippen molar-refractivity contribution in [3.05, 3.63) is 76.7 Å². The summed E-state index contributed by atoms with van der Waals surface area (Å²) in [5.41, 5.74) is 1.63. The number of fused-ring (bicyclic) bond motifs is 4. The van der Waals surface area contributed by atoms with Crippen LogP contribution < -0.4 is 15.8 Å². The molecule has 5 heterocycles. The molecule has 2 bridgehead atoms. The van der Waals surface area contributed by atoms with E-state index in [0.717, 1.165) is 31.2 Å². The molecular weight excluding hydrogens is 368 g/mol. The number of nitrogens with one attached hydrogen (secondary N) is 1. The third kappa shape index (κ3) is 3.26. The third-order valence-electron chi connectivity index (χ3n) is 5.63. The van der Waals surface area contributed by atoms with Gasteiger partial charge in [0.05, 0.1) is 0 Å². The maximum Gasteiger partial charge on any atom is 0.274 e. The average molecular weight is 388 g/mol. The van der Waals surface area contributed by atoms with Crippen molar-refractivity contribution in [2.45, 2.75) is 18.9 Å². The molecule has 5 rings (SSSR count). The molecule has 0 saturated carbocycles. The Kier molecular flexibility index (Phi) is 4.31. The van der Waals surface area contributed by atoms with E-state index in [0.29, 0.717) is 23.7 Å². The lowest BCUT2D eigenvalue weighted by Crippen LogP contribution is -2.48. The van der Waals surface area contributed by atoms with Crippen molar-refractivity contribution in [3.8, 4) is 0 Å². The van der Waals surface area contributed by atoms with Crippen LogP contribution in [-0.2, 0) is 6.54 Å². The van der Waals surface area contributed by atoms with Gasteiger partial charge in [0.25, 0.3) is 11.5 Å². The van der Waals surface area contributed by atoms with Gasteiger partial charge in [0.2, 0.25) is 5.95 Å². The smallest absolute Gasteiger partial charge is 0.274 e. The van der Waals surface area contributed by atoms with E-state index in [1.807, 2.05) is 16.7 Å². The van der Waals surface area contributed by atoms with Crippen LogP contribution in [0.4, 0.5) is 11.6 Å². The molecule has 0 unspecified atom stereocenters. The lowest BCUT2D eigenvalue weighted by atomic mass is 9.83. The second kappa shape index (κ2) is 7.12. The van der Waals surface area contributed by atoms with Crippen LogP contribution in [0.15, 0.2) is 59.9 Å². The minimum absolute atomic E-state index is 0.149. The Balaban J connectivity index is 1.41. The van der Waals surface area contributed by atoms with E-state index in [4.69, 9.17) is 0 Å². The fourth-order valence-corrected chi connectivity index (χ4v) is 4.36. The number of anilines is 2. The molecule has 1 amide bonds. The van der Waals surface area contributed by atoms with Crippen molar-refractivity contribution in [3.63, 3.8) is 0 Å². The van der Waals surface area contributed by atoms with Gasteiger partial charge in [-0.05, 0) is 42.7 Å². The number of rotatable bonds is 3. The molecule has 1 N–H and O–H groups in total. The standard InChI is InChI=1S/C21H20N6O2/c28-19(15-4-8-22-9-5-15)25-17-2-3-18-16-10-14(12-27(18)20(17)29)11-26(13-16)21-23-6-1-7-24-21/h1-9,14,16H,10-13H2,(H,25,28)/t14-,16-/m1/s1. The van der Waals surface area contributed by atoms with Gasteiger partial charge in [-0.15, -0.1) is 0 Å². The Morgan fingerprint density at radius 2 is 1.79 bits per heavy atom. The maximum absolute atomic E-state index is 13.1. The fraction of sp³-hybridized carbons (Fsp3) is 0.286. The summed E-state index contributed by atoms with van der Waals surface area (Å²) in [4.78, 5) is 40.3. The first kappa shape index (κ1) is 17.5. The number of nitrogens with zero attached hydrogens (tertiary/aromatic N) is 5. The summed E-state index contributed by atoms with van der Waals surface area (Å²) >= 11 is 0. The molecule has 0 aliphatic carbocycles. The molecule has 0 spiro atoms. The Hall–Kier alpha value is -3.55. The normalized spacial score (nSPS) is 20.1. The number of amides is 1. The predicted octanol–water partition coefficient (Wildman–Crippen LogP) is 1.91. The van der Waals surface area contributed by atoms with Gasteiger partial charge in [-0.1, -0.05) is 0 Å². The van der Waals surface area contributed by atoms with Gasteiger partial charge < -0.3 is 14.8 Å². The van der Waals surface area contributed by atoms with E-state index >= 15 is 0 Å². The molecule has 0 aromatic carbocycles. The van der Waals surface area contributed by atoms with E-state index in [9.17, 15) is 9.59 Å². The van der Waals surface area contributed by atoms with Gasteiger partial charge in [-0.25, -0.2) is 9.97 Å². The zero-order chi connectivity index (χ0) is 19.8. The maximum atomic E-state index is 13.1. The minimum Gasteiger partial charge on any atom is -0.340 e. The van der Waals surface area contributed by atoms with Crippen molar-refractivity contribution in [1.29, 1.82) is 0 Å². The number of aromatic nitrogens is 4. The minimum atomic E-state index is -0.312. The number of carbonyl (C=O) groups excluding carboxylic acids is 1. The van der Waals surface area contributed by atoms with Gasteiger partial charge >= 0.3 is 0 Å². The second-order valence-corrected chi connectivity index (χ2v) is 7.53. The van der Waals surface area contributed by atoms with Crippen LogP contribution in [-0.4, -0.2) is 38.5 Å². The number of carbonyl (C=O) groups is 1. The molecule has 1 saturated heterocycles. The van der Waals surface area contributed by atoms with Gasteiger partial charge in [-0.3, -0.25) is 14.6 Å². The number of piperidine rings is 1. The van der Waals surface area contributed by atoms with Gasteiger partial charge in [-0.2, -0.15) is 0 Å². The first-order chi connectivity index (χ1) is 14.2. The summed E-state index contributed by atoms with van der Waals surface area (Å²) < 4.78 is 1.82. The van der Waals surface area contributed by atoms with Crippen molar-refractivity contribution in [2.75, 3.05) is 23.3 Å². The van der Waals surface area contributed by atoms with Gasteiger partial charge in [0.15, 0.2) is 0 Å². The molecule has 8 heteroatoms. The average Bonchev–Trinajstić information content (AvgIpc) is 2.77. The van der Waals surface area contributed by atoms with Crippen molar-refractivity contribution in [1.82, 2.24) is 19.5 Å². The summed E-state index contributed by atoms with van der Waals surface area (Å²) in [5, 5.41) is 2.75. The van der Waals surface area contributed by atoms with E-state index in [2.05, 4.69) is 25.2 Å². The summed E-state index contributed by atoms with van der Waals surface area (Å²) in [6.07, 6.45) is 7.66. The first-order valence-electron chi connectivity index (χ1n) is 9.66. The molecule has 1 fully saturated rings. The van der Waals surface area contributed by atoms with Gasteiger partial charge in [0.1, 0.15) is 5.69 Å². The SMILES string of the molecule is O=C(Nc1ccc2n(c1=O)C[C@@H]1C[C@@H]2CN(c2ncccn2)C1)c1ccncc1. The number of pyridine rings is 2. The molecule has 2 aliphatic rings. The lowest BCUT2D eigenvalue weighted by molar-refractivity contribution is 0.102. The van der Waals surface area contributed by atoms with E-state index in [1.165, 1.54) is 0 Å². The molecule has 0 radical (unpaired) electrons. The molecule has 2 aliphatic heterocycles. The van der Waals surface area contributed by atoms with Gasteiger partial charge in [0, 0.05) is 61.6 Å². The lowest BCUT2D eigenvalue weighted by Gasteiger charge is -2.42. The largest absolute Gasteiger partial charge is 0.340 e. The monoisotopic (exact) mass is 388 g/mol. The van der Waals surface area contributed by atoms with Crippen molar-refractivity contribution >= 4 is 17.5 Å². The molecular formula is C21H20N6O2. The highest BCUT2D eigenvalue weighted by Crippen LogP contribution is 2.36. The zero-order valence-electron chi connectivity index (χ0n) is 15.7. The van der Waals surface area contributed by atoms with Crippen LogP contribution in [0.5, 0.6) is 0 Å². The van der Waals surface area contributed by atoms with Crippen molar-refractivity contribution in [2.24, 2.45) is 5.92 Å². The zero-order valence-corrected chi connectivity index (χ0v) is 15.7. The fourth-order valence-electron chi connectivity index (χ4n) is 4.36. The number of hydrogen-bond donors (Lipinski definition) is 1. The summed E-state index contributed by atoms with van der Waals surface area (Å²) in [6.45, 7) is 2.23. The topological polar surface area (TPSA) is 93.0 Å². The molecule has 146 valence electrons. The van der Waals surface area contributed by atoms with Crippen LogP contribution in [0, 0.1) is 5.92 Å². The quantitative estimate of drug-likeness (QED) is 0.737.